The fourth-order valence-electron chi connectivity index (χ4n) is 6.74. The van der Waals surface area contributed by atoms with Gasteiger partial charge in [0.1, 0.15) is 5.60 Å². The van der Waals surface area contributed by atoms with Crippen molar-refractivity contribution in [1.29, 1.82) is 0 Å². The van der Waals surface area contributed by atoms with Gasteiger partial charge in [0.05, 0.1) is 17.9 Å². The van der Waals surface area contributed by atoms with Crippen LogP contribution in [-0.2, 0) is 24.4 Å². The van der Waals surface area contributed by atoms with E-state index in [9.17, 15) is 24.3 Å². The Balaban J connectivity index is 1.26. The Kier molecular flexibility index (Phi) is 15.8. The molecule has 3 aromatic carbocycles. The van der Waals surface area contributed by atoms with Gasteiger partial charge >= 0.3 is 12.1 Å². The minimum atomic E-state index is -0.953. The summed E-state index contributed by atoms with van der Waals surface area (Å²) in [6.07, 6.45) is 3.70. The third kappa shape index (κ3) is 13.9. The number of amides is 3. The van der Waals surface area contributed by atoms with Crippen LogP contribution in [0.15, 0.2) is 84.9 Å². The Morgan fingerprint density at radius 2 is 1.43 bits per heavy atom. The average Bonchev–Trinajstić information content (AvgIpc) is 4.05. The standard InChI is InChI=1S/C47H60N6O7/c1-8-39(9-2)53(26-25-52(7)46(58)60-47(3,4)5)30-35-11-10-12-37(27-35)43(54)49-40-23-24-41(59-31-34-13-14-34)50-42(40)44(55)48-38-21-17-33(18-22-38)29-51(6)28-32-15-19-36(20-16-32)45(56)57/h10-12,15-24,27,34,39H,8-9,13-14,25-26,28-31H2,1-7H3,(H,48,55)(H,49,54)(H,56,57). The summed E-state index contributed by atoms with van der Waals surface area (Å²) in [5.41, 5.74) is 3.91. The van der Waals surface area contributed by atoms with E-state index in [1.807, 2.05) is 82.4 Å². The van der Waals surface area contributed by atoms with Crippen LogP contribution >= 0.6 is 0 Å². The molecular formula is C47H60N6O7. The summed E-state index contributed by atoms with van der Waals surface area (Å²) in [7, 11) is 3.72. The molecule has 320 valence electrons. The van der Waals surface area contributed by atoms with Crippen LogP contribution in [0.25, 0.3) is 0 Å². The number of rotatable bonds is 20. The van der Waals surface area contributed by atoms with Crippen molar-refractivity contribution in [2.45, 2.75) is 91.6 Å². The molecule has 0 saturated heterocycles. The molecule has 1 fully saturated rings. The van der Waals surface area contributed by atoms with Gasteiger partial charge in [0.2, 0.25) is 5.88 Å². The van der Waals surface area contributed by atoms with Crippen LogP contribution in [0.3, 0.4) is 0 Å². The Hall–Kier alpha value is -5.79. The molecule has 1 aliphatic carbocycles. The van der Waals surface area contributed by atoms with Crippen LogP contribution in [-0.4, -0.2) is 94.1 Å². The van der Waals surface area contributed by atoms with E-state index in [0.29, 0.717) is 62.4 Å². The molecule has 0 atom stereocenters. The molecule has 4 aromatic rings. The minimum Gasteiger partial charge on any atom is -0.478 e. The number of aromatic nitrogens is 1. The summed E-state index contributed by atoms with van der Waals surface area (Å²) in [5.74, 6) is -1.04. The molecule has 13 heteroatoms. The smallest absolute Gasteiger partial charge is 0.410 e. The molecule has 13 nitrogen and oxygen atoms in total. The Morgan fingerprint density at radius 1 is 0.783 bits per heavy atom. The molecule has 3 N–H and O–H groups in total. The number of carbonyl (C=O) groups excluding carboxylic acids is 3. The first kappa shape index (κ1) is 45.3. The van der Waals surface area contributed by atoms with Crippen molar-refractivity contribution >= 4 is 35.3 Å². The lowest BCUT2D eigenvalue weighted by Crippen LogP contribution is -2.42. The van der Waals surface area contributed by atoms with E-state index >= 15 is 0 Å². The van der Waals surface area contributed by atoms with Gasteiger partial charge in [-0.25, -0.2) is 14.6 Å². The molecule has 1 aliphatic rings. The van der Waals surface area contributed by atoms with E-state index in [0.717, 1.165) is 42.4 Å². The zero-order chi connectivity index (χ0) is 43.4. The van der Waals surface area contributed by atoms with Crippen molar-refractivity contribution in [2.24, 2.45) is 5.92 Å². The first-order valence-corrected chi connectivity index (χ1v) is 20.7. The molecule has 5 rings (SSSR count). The van der Waals surface area contributed by atoms with Crippen LogP contribution in [0.5, 0.6) is 5.88 Å². The number of carboxylic acids is 1. The zero-order valence-electron chi connectivity index (χ0n) is 36.0. The monoisotopic (exact) mass is 820 g/mol. The summed E-state index contributed by atoms with van der Waals surface area (Å²) in [4.78, 5) is 62.1. The predicted molar refractivity (Wildman–Crippen MR) is 233 cm³/mol. The Labute approximate surface area is 354 Å². The Bertz CT molecular complexity index is 2080. The highest BCUT2D eigenvalue weighted by Crippen LogP contribution is 2.30. The second-order valence-corrected chi connectivity index (χ2v) is 16.6. The highest BCUT2D eigenvalue weighted by molar-refractivity contribution is 6.11. The van der Waals surface area contributed by atoms with Crippen LogP contribution in [0.4, 0.5) is 16.2 Å². The highest BCUT2D eigenvalue weighted by Gasteiger charge is 2.25. The van der Waals surface area contributed by atoms with Gasteiger partial charge in [-0.3, -0.25) is 19.4 Å². The maximum absolute atomic E-state index is 13.8. The highest BCUT2D eigenvalue weighted by atomic mass is 16.6. The number of carbonyl (C=O) groups is 4. The fourth-order valence-corrected chi connectivity index (χ4v) is 6.74. The largest absolute Gasteiger partial charge is 0.478 e. The number of anilines is 2. The van der Waals surface area contributed by atoms with Crippen molar-refractivity contribution in [1.82, 2.24) is 19.7 Å². The van der Waals surface area contributed by atoms with E-state index in [1.54, 1.807) is 42.3 Å². The van der Waals surface area contributed by atoms with Gasteiger partial charge in [0.15, 0.2) is 5.69 Å². The SMILES string of the molecule is CCC(CC)N(CCN(C)C(=O)OC(C)(C)C)Cc1cccc(C(=O)Nc2ccc(OCC3CC3)nc2C(=O)Nc2ccc(CN(C)Cc3ccc(C(=O)O)cc3)cc2)c1. The lowest BCUT2D eigenvalue weighted by molar-refractivity contribution is 0.0269. The van der Waals surface area contributed by atoms with E-state index in [4.69, 9.17) is 9.47 Å². The summed E-state index contributed by atoms with van der Waals surface area (Å²) < 4.78 is 11.5. The lowest BCUT2D eigenvalue weighted by Gasteiger charge is -2.32. The third-order valence-electron chi connectivity index (χ3n) is 10.3. The number of hydrogen-bond donors (Lipinski definition) is 3. The predicted octanol–water partition coefficient (Wildman–Crippen LogP) is 8.56. The quantitative estimate of drug-likeness (QED) is 0.0791. The number of nitrogens with one attached hydrogen (secondary N) is 2. The van der Waals surface area contributed by atoms with E-state index in [-0.39, 0.29) is 35.0 Å². The second-order valence-electron chi connectivity index (χ2n) is 16.6. The molecule has 1 aromatic heterocycles. The molecule has 60 heavy (non-hydrogen) atoms. The van der Waals surface area contributed by atoms with Crippen molar-refractivity contribution < 1.29 is 33.8 Å². The van der Waals surface area contributed by atoms with Crippen LogP contribution in [0.2, 0.25) is 0 Å². The van der Waals surface area contributed by atoms with Crippen molar-refractivity contribution in [3.63, 3.8) is 0 Å². The average molecular weight is 821 g/mol. The summed E-state index contributed by atoms with van der Waals surface area (Å²) in [5, 5.41) is 15.0. The number of nitrogens with zero attached hydrogens (tertiary/aromatic N) is 4. The molecule has 0 aliphatic heterocycles. The number of carboxylic acid groups (broad SMARTS) is 1. The van der Waals surface area contributed by atoms with Crippen molar-refractivity contribution in [2.75, 3.05) is 44.4 Å². The van der Waals surface area contributed by atoms with Gasteiger partial charge in [-0.05, 0) is 119 Å². The lowest BCUT2D eigenvalue weighted by atomic mass is 10.1. The van der Waals surface area contributed by atoms with Gasteiger partial charge in [0, 0.05) is 63.1 Å². The van der Waals surface area contributed by atoms with Gasteiger partial charge in [0.25, 0.3) is 11.8 Å². The molecule has 0 radical (unpaired) electrons. The van der Waals surface area contributed by atoms with Crippen molar-refractivity contribution in [3.05, 3.63) is 118 Å². The van der Waals surface area contributed by atoms with Crippen LogP contribution in [0.1, 0.15) is 108 Å². The Morgan fingerprint density at radius 3 is 2.03 bits per heavy atom. The van der Waals surface area contributed by atoms with Crippen LogP contribution < -0.4 is 15.4 Å². The summed E-state index contributed by atoms with van der Waals surface area (Å²) in [6.45, 7) is 13.3. The molecule has 0 bridgehead atoms. The number of likely N-dealkylation sites (N-methyl/N-ethyl adjacent to an activating group) is 1. The molecule has 0 spiro atoms. The first-order valence-electron chi connectivity index (χ1n) is 20.7. The molecule has 1 heterocycles. The number of ether oxygens (including phenoxy) is 2. The summed E-state index contributed by atoms with van der Waals surface area (Å²) >= 11 is 0. The number of benzene rings is 3. The summed E-state index contributed by atoms with van der Waals surface area (Å²) in [6, 6.07) is 25.4. The van der Waals surface area contributed by atoms with Gasteiger partial charge in [-0.2, -0.15) is 0 Å². The molecule has 3 amide bonds. The second kappa shape index (κ2) is 20.9. The minimum absolute atomic E-state index is 0.0274. The topological polar surface area (TPSA) is 154 Å². The number of pyridine rings is 1. The third-order valence-corrected chi connectivity index (χ3v) is 10.3. The molecule has 1 saturated carbocycles. The maximum Gasteiger partial charge on any atom is 0.410 e. The van der Waals surface area contributed by atoms with E-state index in [2.05, 4.69) is 39.3 Å². The van der Waals surface area contributed by atoms with Crippen molar-refractivity contribution in [3.8, 4) is 5.88 Å². The zero-order valence-corrected chi connectivity index (χ0v) is 36.0. The van der Waals surface area contributed by atoms with E-state index < -0.39 is 17.5 Å². The number of hydrogen-bond acceptors (Lipinski definition) is 9. The number of aromatic carboxylic acids is 1. The van der Waals surface area contributed by atoms with Gasteiger partial charge in [-0.1, -0.05) is 50.2 Å². The molecular weight excluding hydrogens is 761 g/mol. The maximum atomic E-state index is 13.8. The van der Waals surface area contributed by atoms with Gasteiger partial charge < -0.3 is 30.1 Å². The molecule has 0 unspecified atom stereocenters. The van der Waals surface area contributed by atoms with Gasteiger partial charge in [-0.15, -0.1) is 0 Å². The van der Waals surface area contributed by atoms with Crippen LogP contribution in [0, 0.1) is 5.92 Å². The van der Waals surface area contributed by atoms with E-state index in [1.165, 1.54) is 0 Å². The fraction of sp³-hybridized carbons (Fsp3) is 0.426. The normalized spacial score (nSPS) is 12.7. The first-order chi connectivity index (χ1) is 28.6.